The van der Waals surface area contributed by atoms with Gasteiger partial charge in [-0.1, -0.05) is 35.9 Å². The zero-order valence-corrected chi connectivity index (χ0v) is 10.2. The second-order valence-electron chi connectivity index (χ2n) is 3.79. The SMILES string of the molecule is Cc1ccccc1OCc1ccc(Cl)cc1F. The number of benzene rings is 2. The smallest absolute Gasteiger partial charge is 0.131 e. The minimum Gasteiger partial charge on any atom is -0.489 e. The van der Waals surface area contributed by atoms with E-state index in [-0.39, 0.29) is 12.4 Å². The zero-order chi connectivity index (χ0) is 12.3. The number of rotatable bonds is 3. The first-order valence-corrected chi connectivity index (χ1v) is 5.67. The summed E-state index contributed by atoms with van der Waals surface area (Å²) >= 11 is 5.68. The normalized spacial score (nSPS) is 10.3. The van der Waals surface area contributed by atoms with Crippen LogP contribution in [-0.2, 0) is 6.61 Å². The lowest BCUT2D eigenvalue weighted by molar-refractivity contribution is 0.298. The average molecular weight is 251 g/mol. The van der Waals surface area contributed by atoms with E-state index in [1.54, 1.807) is 12.1 Å². The average Bonchev–Trinajstić information content (AvgIpc) is 2.30. The summed E-state index contributed by atoms with van der Waals surface area (Å²) in [7, 11) is 0. The Morgan fingerprint density at radius 2 is 1.94 bits per heavy atom. The molecule has 2 aromatic rings. The Morgan fingerprint density at radius 1 is 1.18 bits per heavy atom. The van der Waals surface area contributed by atoms with Crippen molar-refractivity contribution in [3.63, 3.8) is 0 Å². The van der Waals surface area contributed by atoms with Crippen LogP contribution in [0.4, 0.5) is 4.39 Å². The lowest BCUT2D eigenvalue weighted by Gasteiger charge is -2.09. The second-order valence-corrected chi connectivity index (χ2v) is 4.23. The lowest BCUT2D eigenvalue weighted by atomic mass is 10.2. The molecule has 17 heavy (non-hydrogen) atoms. The molecule has 0 heterocycles. The van der Waals surface area contributed by atoms with E-state index in [1.165, 1.54) is 6.07 Å². The van der Waals surface area contributed by atoms with E-state index >= 15 is 0 Å². The molecule has 0 aliphatic heterocycles. The van der Waals surface area contributed by atoms with Crippen LogP contribution in [0.2, 0.25) is 5.02 Å². The topological polar surface area (TPSA) is 9.23 Å². The Bertz CT molecular complexity index is 525. The van der Waals surface area contributed by atoms with Gasteiger partial charge in [0, 0.05) is 10.6 Å². The third-order valence-corrected chi connectivity index (χ3v) is 2.73. The number of ether oxygens (including phenoxy) is 1. The van der Waals surface area contributed by atoms with E-state index in [2.05, 4.69) is 0 Å². The number of hydrogen-bond acceptors (Lipinski definition) is 1. The second kappa shape index (κ2) is 5.19. The molecule has 0 aromatic heterocycles. The highest BCUT2D eigenvalue weighted by molar-refractivity contribution is 6.30. The molecule has 0 radical (unpaired) electrons. The van der Waals surface area contributed by atoms with Gasteiger partial charge in [-0.3, -0.25) is 0 Å². The maximum absolute atomic E-state index is 13.5. The van der Waals surface area contributed by atoms with E-state index in [0.29, 0.717) is 10.6 Å². The van der Waals surface area contributed by atoms with Crippen LogP contribution in [0.1, 0.15) is 11.1 Å². The van der Waals surface area contributed by atoms with E-state index in [9.17, 15) is 4.39 Å². The van der Waals surface area contributed by atoms with Crippen LogP contribution in [-0.4, -0.2) is 0 Å². The minimum atomic E-state index is -0.342. The molecule has 0 N–H and O–H groups in total. The van der Waals surface area contributed by atoms with Gasteiger partial charge in [-0.05, 0) is 30.7 Å². The molecule has 0 atom stereocenters. The molecular formula is C14H12ClFO. The first kappa shape index (κ1) is 11.9. The molecule has 2 rings (SSSR count). The van der Waals surface area contributed by atoms with Crippen LogP contribution >= 0.6 is 11.6 Å². The summed E-state index contributed by atoms with van der Waals surface area (Å²) in [5.41, 5.74) is 1.53. The lowest BCUT2D eigenvalue weighted by Crippen LogP contribution is -1.99. The summed E-state index contributed by atoms with van der Waals surface area (Å²) in [6.07, 6.45) is 0. The highest BCUT2D eigenvalue weighted by Gasteiger charge is 2.04. The molecule has 3 heteroatoms. The molecule has 0 spiro atoms. The molecule has 0 aliphatic rings. The molecule has 0 aliphatic carbocycles. The van der Waals surface area contributed by atoms with Crippen LogP contribution in [0.5, 0.6) is 5.75 Å². The fourth-order valence-electron chi connectivity index (χ4n) is 1.51. The molecule has 2 aromatic carbocycles. The molecule has 0 saturated heterocycles. The number of aryl methyl sites for hydroxylation is 1. The molecular weight excluding hydrogens is 239 g/mol. The third kappa shape index (κ3) is 2.98. The van der Waals surface area contributed by atoms with E-state index in [1.807, 2.05) is 31.2 Å². The fraction of sp³-hybridized carbons (Fsp3) is 0.143. The minimum absolute atomic E-state index is 0.202. The van der Waals surface area contributed by atoms with Crippen molar-refractivity contribution in [2.75, 3.05) is 0 Å². The standard InChI is InChI=1S/C14H12ClFO/c1-10-4-2-3-5-14(10)17-9-11-6-7-12(15)8-13(11)16/h2-8H,9H2,1H3. The van der Waals surface area contributed by atoms with Crippen molar-refractivity contribution in [1.29, 1.82) is 0 Å². The number of halogens is 2. The summed E-state index contributed by atoms with van der Waals surface area (Å²) in [6, 6.07) is 12.2. The summed E-state index contributed by atoms with van der Waals surface area (Å²) in [6.45, 7) is 2.15. The molecule has 0 bridgehead atoms. The van der Waals surface area contributed by atoms with Crippen molar-refractivity contribution >= 4 is 11.6 Å². The van der Waals surface area contributed by atoms with Crippen molar-refractivity contribution in [3.05, 3.63) is 64.4 Å². The van der Waals surface area contributed by atoms with Gasteiger partial charge in [-0.2, -0.15) is 0 Å². The number of para-hydroxylation sites is 1. The Labute approximate surface area is 105 Å². The quantitative estimate of drug-likeness (QED) is 0.786. The van der Waals surface area contributed by atoms with Gasteiger partial charge in [0.1, 0.15) is 18.2 Å². The Balaban J connectivity index is 2.10. The van der Waals surface area contributed by atoms with Crippen LogP contribution in [0.15, 0.2) is 42.5 Å². The summed E-state index contributed by atoms with van der Waals surface area (Å²) < 4.78 is 19.0. The van der Waals surface area contributed by atoms with Gasteiger partial charge in [0.15, 0.2) is 0 Å². The van der Waals surface area contributed by atoms with Gasteiger partial charge in [0.2, 0.25) is 0 Å². The Kier molecular flexibility index (Phi) is 3.64. The predicted octanol–water partition coefficient (Wildman–Crippen LogP) is 4.37. The van der Waals surface area contributed by atoms with Crippen molar-refractivity contribution in [3.8, 4) is 5.75 Å². The van der Waals surface area contributed by atoms with Gasteiger partial charge in [0.05, 0.1) is 0 Å². The summed E-state index contributed by atoms with van der Waals surface area (Å²) in [4.78, 5) is 0. The van der Waals surface area contributed by atoms with Gasteiger partial charge < -0.3 is 4.74 Å². The number of hydrogen-bond donors (Lipinski definition) is 0. The molecule has 88 valence electrons. The fourth-order valence-corrected chi connectivity index (χ4v) is 1.67. The molecule has 0 saturated carbocycles. The highest BCUT2D eigenvalue weighted by atomic mass is 35.5. The highest BCUT2D eigenvalue weighted by Crippen LogP contribution is 2.20. The van der Waals surface area contributed by atoms with Crippen LogP contribution in [0, 0.1) is 12.7 Å². The summed E-state index contributed by atoms with van der Waals surface area (Å²) in [5.74, 6) is 0.424. The van der Waals surface area contributed by atoms with E-state index in [0.717, 1.165) is 11.3 Å². The summed E-state index contributed by atoms with van der Waals surface area (Å²) in [5, 5.41) is 0.391. The van der Waals surface area contributed by atoms with Crippen LogP contribution in [0.3, 0.4) is 0 Å². The van der Waals surface area contributed by atoms with Gasteiger partial charge in [0.25, 0.3) is 0 Å². The van der Waals surface area contributed by atoms with Crippen molar-refractivity contribution in [2.24, 2.45) is 0 Å². The predicted molar refractivity (Wildman–Crippen MR) is 66.9 cm³/mol. The first-order valence-electron chi connectivity index (χ1n) is 5.29. The van der Waals surface area contributed by atoms with E-state index in [4.69, 9.17) is 16.3 Å². The van der Waals surface area contributed by atoms with Crippen molar-refractivity contribution in [2.45, 2.75) is 13.5 Å². The van der Waals surface area contributed by atoms with Crippen LogP contribution in [0.25, 0.3) is 0 Å². The Morgan fingerprint density at radius 3 is 2.65 bits per heavy atom. The van der Waals surface area contributed by atoms with Crippen LogP contribution < -0.4 is 4.74 Å². The monoisotopic (exact) mass is 250 g/mol. The maximum atomic E-state index is 13.5. The molecule has 0 unspecified atom stereocenters. The molecule has 0 fully saturated rings. The maximum Gasteiger partial charge on any atom is 0.131 e. The largest absolute Gasteiger partial charge is 0.489 e. The Hall–Kier alpha value is -1.54. The molecule has 0 amide bonds. The van der Waals surface area contributed by atoms with Gasteiger partial charge >= 0.3 is 0 Å². The van der Waals surface area contributed by atoms with Crippen molar-refractivity contribution < 1.29 is 9.13 Å². The third-order valence-electron chi connectivity index (χ3n) is 2.49. The first-order chi connectivity index (χ1) is 8.16. The van der Waals surface area contributed by atoms with Gasteiger partial charge in [-0.25, -0.2) is 4.39 Å². The zero-order valence-electron chi connectivity index (χ0n) is 9.41. The van der Waals surface area contributed by atoms with E-state index < -0.39 is 0 Å². The van der Waals surface area contributed by atoms with Gasteiger partial charge in [-0.15, -0.1) is 0 Å². The van der Waals surface area contributed by atoms with Crippen molar-refractivity contribution in [1.82, 2.24) is 0 Å². The molecule has 1 nitrogen and oxygen atoms in total.